The molecule has 6 nitrogen and oxygen atoms in total. The van der Waals surface area contributed by atoms with Crippen molar-refractivity contribution in [1.82, 2.24) is 9.55 Å². The zero-order valence-corrected chi connectivity index (χ0v) is 10.6. The summed E-state index contributed by atoms with van der Waals surface area (Å²) in [5.74, 6) is 0.0654. The van der Waals surface area contributed by atoms with Gasteiger partial charge in [0.2, 0.25) is 5.91 Å². The molecule has 1 aromatic carbocycles. The van der Waals surface area contributed by atoms with Gasteiger partial charge in [0.1, 0.15) is 12.4 Å². The second-order valence-electron chi connectivity index (χ2n) is 3.89. The number of nitrogens with two attached hydrogens (primary N) is 1. The SMILES string of the molecule is COCCOc1cc(C(N)=O)cc(-n2ccnc2)c1. The van der Waals surface area contributed by atoms with Crippen molar-refractivity contribution in [3.05, 3.63) is 42.5 Å². The zero-order chi connectivity index (χ0) is 13.7. The molecule has 0 atom stereocenters. The molecule has 6 heteroatoms. The van der Waals surface area contributed by atoms with Crippen molar-refractivity contribution in [2.24, 2.45) is 5.73 Å². The highest BCUT2D eigenvalue weighted by Gasteiger charge is 2.07. The molecule has 2 rings (SSSR count). The first-order valence-corrected chi connectivity index (χ1v) is 5.75. The second kappa shape index (κ2) is 6.01. The molecule has 19 heavy (non-hydrogen) atoms. The number of methoxy groups -OCH3 is 1. The summed E-state index contributed by atoms with van der Waals surface area (Å²) in [6.45, 7) is 0.878. The van der Waals surface area contributed by atoms with Crippen LogP contribution in [0, 0.1) is 0 Å². The number of rotatable bonds is 6. The lowest BCUT2D eigenvalue weighted by atomic mass is 10.1. The van der Waals surface area contributed by atoms with Crippen LogP contribution in [0.2, 0.25) is 0 Å². The van der Waals surface area contributed by atoms with Crippen LogP contribution in [0.3, 0.4) is 0 Å². The first-order chi connectivity index (χ1) is 9.20. The number of hydrogen-bond acceptors (Lipinski definition) is 4. The van der Waals surface area contributed by atoms with E-state index in [0.29, 0.717) is 24.5 Å². The Morgan fingerprint density at radius 1 is 1.37 bits per heavy atom. The molecule has 0 spiro atoms. The average molecular weight is 261 g/mol. The molecular formula is C13H15N3O3. The molecule has 100 valence electrons. The number of benzene rings is 1. The van der Waals surface area contributed by atoms with Crippen molar-refractivity contribution in [2.75, 3.05) is 20.3 Å². The summed E-state index contributed by atoms with van der Waals surface area (Å²) in [5, 5.41) is 0. The molecule has 0 bridgehead atoms. The number of amides is 1. The fourth-order valence-electron chi connectivity index (χ4n) is 1.61. The van der Waals surface area contributed by atoms with Crippen molar-refractivity contribution < 1.29 is 14.3 Å². The fourth-order valence-corrected chi connectivity index (χ4v) is 1.61. The number of ether oxygens (including phenoxy) is 2. The highest BCUT2D eigenvalue weighted by atomic mass is 16.5. The van der Waals surface area contributed by atoms with E-state index in [9.17, 15) is 4.79 Å². The number of primary amides is 1. The minimum absolute atomic E-state index is 0.388. The second-order valence-corrected chi connectivity index (χ2v) is 3.89. The molecular weight excluding hydrogens is 246 g/mol. The molecule has 0 aliphatic heterocycles. The monoisotopic (exact) mass is 261 g/mol. The van der Waals surface area contributed by atoms with Gasteiger partial charge in [-0.05, 0) is 12.1 Å². The molecule has 1 aromatic heterocycles. The lowest BCUT2D eigenvalue weighted by Crippen LogP contribution is -2.12. The normalized spacial score (nSPS) is 10.4. The molecule has 0 unspecified atom stereocenters. The molecule has 1 heterocycles. The van der Waals surface area contributed by atoms with Crippen LogP contribution in [0.4, 0.5) is 0 Å². The number of imidazole rings is 1. The Morgan fingerprint density at radius 2 is 2.21 bits per heavy atom. The summed E-state index contributed by atoms with van der Waals surface area (Å²) in [6.07, 6.45) is 5.07. The molecule has 1 amide bonds. The summed E-state index contributed by atoms with van der Waals surface area (Å²) in [5.41, 5.74) is 6.47. The Labute approximate surface area is 110 Å². The van der Waals surface area contributed by atoms with Crippen molar-refractivity contribution in [2.45, 2.75) is 0 Å². The van der Waals surface area contributed by atoms with Crippen LogP contribution in [0.25, 0.3) is 5.69 Å². The third-order valence-corrected chi connectivity index (χ3v) is 2.53. The van der Waals surface area contributed by atoms with Crippen molar-refractivity contribution in [1.29, 1.82) is 0 Å². The summed E-state index contributed by atoms with van der Waals surface area (Å²) in [6, 6.07) is 5.11. The predicted molar refractivity (Wildman–Crippen MR) is 69.5 cm³/mol. The lowest BCUT2D eigenvalue weighted by molar-refractivity contribution is 0.0999. The Balaban J connectivity index is 2.30. The maximum atomic E-state index is 11.3. The van der Waals surface area contributed by atoms with Crippen LogP contribution >= 0.6 is 0 Å². The minimum Gasteiger partial charge on any atom is -0.491 e. The smallest absolute Gasteiger partial charge is 0.248 e. The van der Waals surface area contributed by atoms with Gasteiger partial charge in [0.15, 0.2) is 0 Å². The van der Waals surface area contributed by atoms with Crippen LogP contribution in [-0.2, 0) is 4.74 Å². The zero-order valence-electron chi connectivity index (χ0n) is 10.6. The van der Waals surface area contributed by atoms with Crippen molar-refractivity contribution in [3.8, 4) is 11.4 Å². The Hall–Kier alpha value is -2.34. The maximum absolute atomic E-state index is 11.3. The Bertz CT molecular complexity index is 552. The van der Waals surface area contributed by atoms with Gasteiger partial charge in [0.25, 0.3) is 0 Å². The van der Waals surface area contributed by atoms with Gasteiger partial charge in [-0.1, -0.05) is 0 Å². The summed E-state index contributed by atoms with van der Waals surface area (Å²) < 4.78 is 12.2. The van der Waals surface area contributed by atoms with E-state index in [4.69, 9.17) is 15.2 Å². The number of carbonyl (C=O) groups excluding carboxylic acids is 1. The summed E-state index contributed by atoms with van der Waals surface area (Å²) in [4.78, 5) is 15.3. The topological polar surface area (TPSA) is 79.4 Å². The largest absolute Gasteiger partial charge is 0.491 e. The number of aromatic nitrogens is 2. The standard InChI is InChI=1S/C13H15N3O3/c1-18-4-5-19-12-7-10(13(14)17)6-11(8-12)16-3-2-15-9-16/h2-3,6-9H,4-5H2,1H3,(H2,14,17). The third kappa shape index (κ3) is 3.32. The highest BCUT2D eigenvalue weighted by molar-refractivity contribution is 5.93. The molecule has 0 saturated heterocycles. The molecule has 2 N–H and O–H groups in total. The van der Waals surface area contributed by atoms with E-state index in [1.54, 1.807) is 42.5 Å². The van der Waals surface area contributed by atoms with E-state index < -0.39 is 5.91 Å². The predicted octanol–water partition coefficient (Wildman–Crippen LogP) is 0.996. The van der Waals surface area contributed by atoms with Gasteiger partial charge in [-0.25, -0.2) is 4.98 Å². The van der Waals surface area contributed by atoms with E-state index in [1.807, 2.05) is 6.07 Å². The van der Waals surface area contributed by atoms with Crippen LogP contribution in [0.5, 0.6) is 5.75 Å². The fraction of sp³-hybridized carbons (Fsp3) is 0.231. The summed E-state index contributed by atoms with van der Waals surface area (Å²) in [7, 11) is 1.60. The molecule has 2 aromatic rings. The van der Waals surface area contributed by atoms with Gasteiger partial charge in [-0.15, -0.1) is 0 Å². The Morgan fingerprint density at radius 3 is 2.84 bits per heavy atom. The van der Waals surface area contributed by atoms with Gasteiger partial charge < -0.3 is 19.8 Å². The lowest BCUT2D eigenvalue weighted by Gasteiger charge is -2.10. The molecule has 0 saturated carbocycles. The first-order valence-electron chi connectivity index (χ1n) is 5.75. The Kier molecular flexibility index (Phi) is 4.15. The maximum Gasteiger partial charge on any atom is 0.248 e. The van der Waals surface area contributed by atoms with Crippen LogP contribution in [0.1, 0.15) is 10.4 Å². The number of carbonyl (C=O) groups is 1. The van der Waals surface area contributed by atoms with Gasteiger partial charge in [0.05, 0.1) is 18.6 Å². The molecule has 0 aliphatic carbocycles. The van der Waals surface area contributed by atoms with Crippen LogP contribution in [0.15, 0.2) is 36.9 Å². The van der Waals surface area contributed by atoms with E-state index in [2.05, 4.69) is 4.98 Å². The van der Waals surface area contributed by atoms with E-state index in [1.165, 1.54) is 0 Å². The van der Waals surface area contributed by atoms with Crippen LogP contribution in [-0.4, -0.2) is 35.8 Å². The van der Waals surface area contributed by atoms with E-state index >= 15 is 0 Å². The summed E-state index contributed by atoms with van der Waals surface area (Å²) >= 11 is 0. The molecule has 0 fully saturated rings. The average Bonchev–Trinajstić information content (AvgIpc) is 2.92. The van der Waals surface area contributed by atoms with Gasteiger partial charge in [0, 0.05) is 31.1 Å². The number of hydrogen-bond donors (Lipinski definition) is 1. The van der Waals surface area contributed by atoms with Gasteiger partial charge in [-0.3, -0.25) is 4.79 Å². The van der Waals surface area contributed by atoms with Crippen molar-refractivity contribution >= 4 is 5.91 Å². The molecule has 0 radical (unpaired) electrons. The van der Waals surface area contributed by atoms with E-state index in [0.717, 1.165) is 5.69 Å². The first kappa shape index (κ1) is 13.1. The quantitative estimate of drug-likeness (QED) is 0.787. The highest BCUT2D eigenvalue weighted by Crippen LogP contribution is 2.20. The molecule has 0 aliphatic rings. The van der Waals surface area contributed by atoms with Crippen LogP contribution < -0.4 is 10.5 Å². The van der Waals surface area contributed by atoms with Crippen molar-refractivity contribution in [3.63, 3.8) is 0 Å². The number of nitrogens with zero attached hydrogens (tertiary/aromatic N) is 2. The van der Waals surface area contributed by atoms with E-state index in [-0.39, 0.29) is 0 Å². The van der Waals surface area contributed by atoms with Gasteiger partial charge in [-0.2, -0.15) is 0 Å². The van der Waals surface area contributed by atoms with Gasteiger partial charge >= 0.3 is 0 Å². The minimum atomic E-state index is -0.501. The third-order valence-electron chi connectivity index (χ3n) is 2.53.